The van der Waals surface area contributed by atoms with E-state index in [0.717, 1.165) is 34.9 Å². The fourth-order valence-electron chi connectivity index (χ4n) is 3.20. The van der Waals surface area contributed by atoms with E-state index in [4.69, 9.17) is 9.47 Å². The van der Waals surface area contributed by atoms with Gasteiger partial charge in [0.1, 0.15) is 22.9 Å². The van der Waals surface area contributed by atoms with Gasteiger partial charge < -0.3 is 19.7 Å². The van der Waals surface area contributed by atoms with Crippen LogP contribution in [0.25, 0.3) is 0 Å². The Bertz CT molecular complexity index is 774. The van der Waals surface area contributed by atoms with Gasteiger partial charge in [-0.1, -0.05) is 0 Å². The quantitative estimate of drug-likeness (QED) is 0.916. The minimum absolute atomic E-state index is 0.0477. The van der Waals surface area contributed by atoms with Crippen molar-refractivity contribution in [2.45, 2.75) is 38.8 Å². The van der Waals surface area contributed by atoms with E-state index in [-0.39, 0.29) is 11.6 Å². The maximum atomic E-state index is 6.12. The number of benzene rings is 1. The molecule has 2 aromatic rings. The zero-order valence-electron chi connectivity index (χ0n) is 15.8. The van der Waals surface area contributed by atoms with Gasteiger partial charge in [0.25, 0.3) is 0 Å². The van der Waals surface area contributed by atoms with E-state index >= 15 is 0 Å². The summed E-state index contributed by atoms with van der Waals surface area (Å²) in [6.45, 7) is 6.20. The van der Waals surface area contributed by atoms with Crippen molar-refractivity contribution in [3.8, 4) is 11.5 Å². The van der Waals surface area contributed by atoms with E-state index in [2.05, 4.69) is 29.1 Å². The monoisotopic (exact) mass is 342 g/mol. The van der Waals surface area contributed by atoms with Crippen LogP contribution in [0.3, 0.4) is 0 Å². The second-order valence-electron chi connectivity index (χ2n) is 7.26. The van der Waals surface area contributed by atoms with Crippen LogP contribution in [0.15, 0.2) is 24.4 Å². The Morgan fingerprint density at radius 3 is 2.76 bits per heavy atom. The Labute approximate surface area is 149 Å². The highest BCUT2D eigenvalue weighted by Crippen LogP contribution is 2.42. The molecule has 1 aliphatic rings. The van der Waals surface area contributed by atoms with Crippen LogP contribution in [-0.4, -0.2) is 36.8 Å². The number of nitrogens with zero attached hydrogens (tertiary/aromatic N) is 3. The number of aryl methyl sites for hydroxylation is 1. The molecule has 6 nitrogen and oxygen atoms in total. The van der Waals surface area contributed by atoms with Crippen molar-refractivity contribution in [1.82, 2.24) is 9.97 Å². The van der Waals surface area contributed by atoms with Crippen molar-refractivity contribution < 1.29 is 9.47 Å². The van der Waals surface area contributed by atoms with Crippen molar-refractivity contribution >= 4 is 11.8 Å². The zero-order chi connectivity index (χ0) is 18.2. The fourth-order valence-corrected chi connectivity index (χ4v) is 3.20. The van der Waals surface area contributed by atoms with Crippen molar-refractivity contribution in [2.75, 3.05) is 31.4 Å². The molecule has 0 radical (unpaired) electrons. The van der Waals surface area contributed by atoms with E-state index < -0.39 is 0 Å². The summed E-state index contributed by atoms with van der Waals surface area (Å²) < 4.78 is 11.5. The van der Waals surface area contributed by atoms with Crippen LogP contribution in [0, 0.1) is 6.92 Å². The van der Waals surface area contributed by atoms with Gasteiger partial charge in [0.15, 0.2) is 0 Å². The second-order valence-corrected chi connectivity index (χ2v) is 7.26. The molecule has 0 fully saturated rings. The molecule has 134 valence electrons. The third kappa shape index (κ3) is 3.62. The van der Waals surface area contributed by atoms with Gasteiger partial charge in [-0.2, -0.15) is 4.98 Å². The largest absolute Gasteiger partial charge is 0.497 e. The first-order valence-corrected chi connectivity index (χ1v) is 8.43. The first-order valence-electron chi connectivity index (χ1n) is 8.43. The molecule has 0 saturated heterocycles. The molecule has 3 rings (SSSR count). The van der Waals surface area contributed by atoms with E-state index in [1.54, 1.807) is 7.11 Å². The lowest BCUT2D eigenvalue weighted by Crippen LogP contribution is -2.37. The fraction of sp³-hybridized carbons (Fsp3) is 0.474. The normalized spacial score (nSPS) is 18.1. The SMILES string of the molecule is COc1ccc2c(c1)C(Nc1ncc(C)c(N(C)C)n1)CC(C)(C)O2. The molecule has 0 spiro atoms. The summed E-state index contributed by atoms with van der Waals surface area (Å²) >= 11 is 0. The minimum Gasteiger partial charge on any atom is -0.497 e. The van der Waals surface area contributed by atoms with Crippen LogP contribution in [0.4, 0.5) is 11.8 Å². The smallest absolute Gasteiger partial charge is 0.225 e. The molecule has 2 heterocycles. The number of hydrogen-bond donors (Lipinski definition) is 1. The molecule has 1 aromatic heterocycles. The Hall–Kier alpha value is -2.50. The van der Waals surface area contributed by atoms with Gasteiger partial charge in [-0.15, -0.1) is 0 Å². The van der Waals surface area contributed by atoms with Gasteiger partial charge in [-0.05, 0) is 39.0 Å². The third-order valence-corrected chi connectivity index (χ3v) is 4.35. The molecule has 1 atom stereocenters. The average molecular weight is 342 g/mol. The summed E-state index contributed by atoms with van der Waals surface area (Å²) in [6, 6.07) is 5.95. The molecule has 0 aliphatic carbocycles. The van der Waals surface area contributed by atoms with Gasteiger partial charge in [0.2, 0.25) is 5.95 Å². The number of methoxy groups -OCH3 is 1. The molecule has 1 unspecified atom stereocenters. The Balaban J connectivity index is 1.96. The maximum Gasteiger partial charge on any atom is 0.225 e. The number of aromatic nitrogens is 2. The van der Waals surface area contributed by atoms with E-state index in [1.165, 1.54) is 0 Å². The molecule has 6 heteroatoms. The first kappa shape index (κ1) is 17.3. The third-order valence-electron chi connectivity index (χ3n) is 4.35. The molecule has 25 heavy (non-hydrogen) atoms. The molecule has 0 bridgehead atoms. The Morgan fingerprint density at radius 2 is 2.08 bits per heavy atom. The highest BCUT2D eigenvalue weighted by molar-refractivity contribution is 5.51. The predicted octanol–water partition coefficient (Wildman–Crippen LogP) is 3.57. The van der Waals surface area contributed by atoms with Crippen molar-refractivity contribution in [2.24, 2.45) is 0 Å². The molecule has 0 saturated carbocycles. The molecule has 0 amide bonds. The van der Waals surface area contributed by atoms with Crippen LogP contribution in [0.5, 0.6) is 11.5 Å². The number of fused-ring (bicyclic) bond motifs is 1. The van der Waals surface area contributed by atoms with Gasteiger partial charge >= 0.3 is 0 Å². The summed E-state index contributed by atoms with van der Waals surface area (Å²) in [5, 5.41) is 3.48. The lowest BCUT2D eigenvalue weighted by atomic mass is 9.89. The summed E-state index contributed by atoms with van der Waals surface area (Å²) in [6.07, 6.45) is 2.66. The van der Waals surface area contributed by atoms with Crippen molar-refractivity contribution in [3.05, 3.63) is 35.5 Å². The number of ether oxygens (including phenoxy) is 2. The van der Waals surface area contributed by atoms with Crippen LogP contribution in [-0.2, 0) is 0 Å². The first-order chi connectivity index (χ1) is 11.8. The molecular formula is C19H26N4O2. The van der Waals surface area contributed by atoms with Crippen LogP contribution in [0.1, 0.15) is 37.4 Å². The van der Waals surface area contributed by atoms with E-state index in [1.807, 2.05) is 50.3 Å². The Kier molecular flexibility index (Phi) is 4.45. The second kappa shape index (κ2) is 6.43. The molecule has 1 aromatic carbocycles. The van der Waals surface area contributed by atoms with Gasteiger partial charge in [-0.3, -0.25) is 0 Å². The summed E-state index contributed by atoms with van der Waals surface area (Å²) in [4.78, 5) is 11.1. The van der Waals surface area contributed by atoms with Gasteiger partial charge in [-0.25, -0.2) is 4.98 Å². The van der Waals surface area contributed by atoms with Gasteiger partial charge in [0.05, 0.1) is 13.2 Å². The maximum absolute atomic E-state index is 6.12. The lowest BCUT2D eigenvalue weighted by Gasteiger charge is -2.38. The van der Waals surface area contributed by atoms with Crippen LogP contribution >= 0.6 is 0 Å². The Morgan fingerprint density at radius 1 is 1.32 bits per heavy atom. The molecular weight excluding hydrogens is 316 g/mol. The highest BCUT2D eigenvalue weighted by atomic mass is 16.5. The zero-order valence-corrected chi connectivity index (χ0v) is 15.8. The highest BCUT2D eigenvalue weighted by Gasteiger charge is 2.34. The van der Waals surface area contributed by atoms with E-state index in [9.17, 15) is 0 Å². The molecule has 1 aliphatic heterocycles. The summed E-state index contributed by atoms with van der Waals surface area (Å²) in [5.74, 6) is 3.21. The predicted molar refractivity (Wildman–Crippen MR) is 99.8 cm³/mol. The van der Waals surface area contributed by atoms with E-state index in [0.29, 0.717) is 5.95 Å². The number of nitrogens with one attached hydrogen (secondary N) is 1. The standard InChI is InChI=1S/C19H26N4O2/c1-12-11-20-18(22-17(12)23(4)5)21-15-10-19(2,3)25-16-8-7-13(24-6)9-14(15)16/h7-9,11,15H,10H2,1-6H3,(H,20,21,22). The summed E-state index contributed by atoms with van der Waals surface area (Å²) in [7, 11) is 5.64. The van der Waals surface area contributed by atoms with Crippen LogP contribution in [0.2, 0.25) is 0 Å². The molecule has 1 N–H and O–H groups in total. The minimum atomic E-state index is -0.270. The summed E-state index contributed by atoms with van der Waals surface area (Å²) in [5.41, 5.74) is 1.84. The number of hydrogen-bond acceptors (Lipinski definition) is 6. The van der Waals surface area contributed by atoms with Crippen molar-refractivity contribution in [3.63, 3.8) is 0 Å². The number of anilines is 2. The number of rotatable bonds is 4. The van der Waals surface area contributed by atoms with Crippen molar-refractivity contribution in [1.29, 1.82) is 0 Å². The van der Waals surface area contributed by atoms with Crippen LogP contribution < -0.4 is 19.7 Å². The van der Waals surface area contributed by atoms with Gasteiger partial charge in [0, 0.05) is 37.8 Å². The topological polar surface area (TPSA) is 59.5 Å². The lowest BCUT2D eigenvalue weighted by molar-refractivity contribution is 0.0756. The average Bonchev–Trinajstić information content (AvgIpc) is 2.55.